The second kappa shape index (κ2) is 4.80. The number of alkyl halides is 1. The summed E-state index contributed by atoms with van der Waals surface area (Å²) in [5, 5.41) is 21.2. The molecule has 0 aromatic carbocycles. The van der Waals surface area contributed by atoms with Crippen LogP contribution in [0.1, 0.15) is 58.8 Å². The van der Waals surface area contributed by atoms with Gasteiger partial charge in [-0.15, -0.1) is 0 Å². The summed E-state index contributed by atoms with van der Waals surface area (Å²) in [6.45, 7) is 4.52. The summed E-state index contributed by atoms with van der Waals surface area (Å²) < 4.78 is 14.1. The van der Waals surface area contributed by atoms with E-state index < -0.39 is 12.3 Å². The number of hydrogen-bond donors (Lipinski definition) is 2. The van der Waals surface area contributed by atoms with Gasteiger partial charge in [0.2, 0.25) is 0 Å². The van der Waals surface area contributed by atoms with Crippen molar-refractivity contribution in [3.8, 4) is 0 Å². The second-order valence-corrected chi connectivity index (χ2v) is 8.96. The van der Waals surface area contributed by atoms with Crippen LogP contribution in [0.2, 0.25) is 0 Å². The molecule has 124 valence electrons. The first-order chi connectivity index (χ1) is 10.3. The number of aliphatic hydroxyl groups excluding tert-OH is 2. The molecule has 0 saturated heterocycles. The molecule has 0 spiro atoms. The van der Waals surface area contributed by atoms with E-state index in [1.54, 1.807) is 0 Å². The second-order valence-electron chi connectivity index (χ2n) is 8.96. The van der Waals surface area contributed by atoms with E-state index in [1.165, 1.54) is 0 Å². The smallest absolute Gasteiger partial charge is 0.101 e. The van der Waals surface area contributed by atoms with E-state index in [4.69, 9.17) is 0 Å². The van der Waals surface area contributed by atoms with Crippen LogP contribution in [0.25, 0.3) is 0 Å². The summed E-state index contributed by atoms with van der Waals surface area (Å²) in [5.74, 6) is 0.879. The van der Waals surface area contributed by atoms with Crippen LogP contribution >= 0.6 is 0 Å². The average Bonchev–Trinajstić information content (AvgIpc) is 2.75. The minimum atomic E-state index is -0.698. The lowest BCUT2D eigenvalue weighted by molar-refractivity contribution is -0.0848. The first kappa shape index (κ1) is 15.1. The number of aliphatic hydroxyl groups is 2. The van der Waals surface area contributed by atoms with Gasteiger partial charge in [0.15, 0.2) is 0 Å². The Kier molecular flexibility index (Phi) is 3.30. The summed E-state index contributed by atoms with van der Waals surface area (Å²) >= 11 is 0. The van der Waals surface area contributed by atoms with Gasteiger partial charge in [-0.05, 0) is 79.1 Å². The molecule has 0 aromatic rings. The van der Waals surface area contributed by atoms with E-state index >= 15 is 0 Å². The molecule has 0 amide bonds. The largest absolute Gasteiger partial charge is 0.389 e. The van der Waals surface area contributed by atoms with Gasteiger partial charge in [0.05, 0.1) is 12.2 Å². The SMILES string of the molecule is C[C@]12CC[C@@H]3[C@@H](C(O)C=C4C(O)CCC[C@@]43C)[C@@H]1CC(F)C2. The highest BCUT2D eigenvalue weighted by atomic mass is 19.1. The highest BCUT2D eigenvalue weighted by Gasteiger charge is 2.60. The molecule has 0 aromatic heterocycles. The minimum absolute atomic E-state index is 0.0112. The molecule has 4 aliphatic carbocycles. The number of hydrogen-bond acceptors (Lipinski definition) is 2. The van der Waals surface area contributed by atoms with Gasteiger partial charge in [-0.2, -0.15) is 0 Å². The fraction of sp³-hybridized carbons (Fsp3) is 0.895. The van der Waals surface area contributed by atoms with E-state index in [-0.39, 0.29) is 22.9 Å². The quantitative estimate of drug-likeness (QED) is 0.671. The Hall–Kier alpha value is -0.410. The van der Waals surface area contributed by atoms with Gasteiger partial charge >= 0.3 is 0 Å². The zero-order valence-corrected chi connectivity index (χ0v) is 13.8. The Bertz CT molecular complexity index is 504. The molecule has 4 aliphatic rings. The lowest BCUT2D eigenvalue weighted by Crippen LogP contribution is -2.54. The molecule has 22 heavy (non-hydrogen) atoms. The van der Waals surface area contributed by atoms with Crippen LogP contribution in [-0.2, 0) is 0 Å². The first-order valence-electron chi connectivity index (χ1n) is 9.07. The molecule has 3 unspecified atom stereocenters. The fourth-order valence-corrected chi connectivity index (χ4v) is 6.73. The fourth-order valence-electron chi connectivity index (χ4n) is 6.73. The minimum Gasteiger partial charge on any atom is -0.389 e. The lowest BCUT2D eigenvalue weighted by atomic mass is 9.47. The molecule has 0 bridgehead atoms. The van der Waals surface area contributed by atoms with E-state index in [2.05, 4.69) is 13.8 Å². The Morgan fingerprint density at radius 1 is 1.14 bits per heavy atom. The molecule has 3 saturated carbocycles. The molecule has 8 atom stereocenters. The summed E-state index contributed by atoms with van der Waals surface area (Å²) in [7, 11) is 0. The average molecular weight is 308 g/mol. The van der Waals surface area contributed by atoms with Crippen LogP contribution in [0.15, 0.2) is 11.6 Å². The highest BCUT2D eigenvalue weighted by molar-refractivity contribution is 5.29. The van der Waals surface area contributed by atoms with Gasteiger partial charge in [0.25, 0.3) is 0 Å². The van der Waals surface area contributed by atoms with Gasteiger partial charge in [0.1, 0.15) is 6.17 Å². The normalized spacial score (nSPS) is 57.6. The predicted molar refractivity (Wildman–Crippen MR) is 84.0 cm³/mol. The molecule has 4 rings (SSSR count). The van der Waals surface area contributed by atoms with Gasteiger partial charge in [-0.25, -0.2) is 4.39 Å². The van der Waals surface area contributed by atoms with Gasteiger partial charge < -0.3 is 10.2 Å². The standard InChI is InChI=1S/C19H29FO2/c1-18-7-5-12-17(14(18)8-11(20)10-18)16(22)9-13-15(21)4-3-6-19(12,13)2/h9,11-12,14-17,21-22H,3-8,10H2,1-2H3/t11?,12-,14+,15?,16?,17-,18-,19-/m1/s1. The zero-order chi connectivity index (χ0) is 15.7. The molecule has 0 radical (unpaired) electrons. The monoisotopic (exact) mass is 308 g/mol. The van der Waals surface area contributed by atoms with E-state index in [9.17, 15) is 14.6 Å². The third-order valence-electron chi connectivity index (χ3n) is 7.80. The van der Waals surface area contributed by atoms with Crippen LogP contribution in [-0.4, -0.2) is 28.6 Å². The van der Waals surface area contributed by atoms with Crippen LogP contribution < -0.4 is 0 Å². The van der Waals surface area contributed by atoms with E-state index in [1.807, 2.05) is 6.08 Å². The third-order valence-corrected chi connectivity index (χ3v) is 7.80. The maximum absolute atomic E-state index is 14.1. The summed E-state index contributed by atoms with van der Waals surface area (Å²) in [6, 6.07) is 0. The van der Waals surface area contributed by atoms with E-state index in [0.717, 1.165) is 37.7 Å². The van der Waals surface area contributed by atoms with Crippen molar-refractivity contribution in [1.82, 2.24) is 0 Å². The first-order valence-corrected chi connectivity index (χ1v) is 9.07. The molecule has 2 N–H and O–H groups in total. The summed E-state index contributed by atoms with van der Waals surface area (Å²) in [4.78, 5) is 0. The van der Waals surface area contributed by atoms with Crippen molar-refractivity contribution < 1.29 is 14.6 Å². The van der Waals surface area contributed by atoms with Gasteiger partial charge in [-0.3, -0.25) is 0 Å². The summed E-state index contributed by atoms with van der Waals surface area (Å²) in [6.07, 6.45) is 6.77. The number of fused-ring (bicyclic) bond motifs is 5. The molecule has 0 aliphatic heterocycles. The van der Waals surface area contributed by atoms with E-state index in [0.29, 0.717) is 24.7 Å². The Morgan fingerprint density at radius 2 is 1.91 bits per heavy atom. The molecule has 3 heteroatoms. The molecular weight excluding hydrogens is 279 g/mol. The van der Waals surface area contributed by atoms with Gasteiger partial charge in [-0.1, -0.05) is 19.9 Å². The van der Waals surface area contributed by atoms with Crippen LogP contribution in [0.3, 0.4) is 0 Å². The predicted octanol–water partition coefficient (Wildman–Crippen LogP) is 3.62. The number of rotatable bonds is 0. The lowest BCUT2D eigenvalue weighted by Gasteiger charge is -2.58. The topological polar surface area (TPSA) is 40.5 Å². The summed E-state index contributed by atoms with van der Waals surface area (Å²) in [5.41, 5.74) is 1.15. The van der Waals surface area contributed by atoms with Crippen molar-refractivity contribution in [2.75, 3.05) is 0 Å². The van der Waals surface area contributed by atoms with Crippen LogP contribution in [0.4, 0.5) is 4.39 Å². The maximum atomic E-state index is 14.1. The third kappa shape index (κ3) is 1.91. The van der Waals surface area contributed by atoms with Crippen molar-refractivity contribution >= 4 is 0 Å². The van der Waals surface area contributed by atoms with Crippen molar-refractivity contribution in [1.29, 1.82) is 0 Å². The van der Waals surface area contributed by atoms with Crippen molar-refractivity contribution in [2.24, 2.45) is 28.6 Å². The van der Waals surface area contributed by atoms with Crippen LogP contribution in [0, 0.1) is 28.6 Å². The molecular formula is C19H29FO2. The molecule has 2 nitrogen and oxygen atoms in total. The van der Waals surface area contributed by atoms with Gasteiger partial charge in [0, 0.05) is 0 Å². The number of halogens is 1. The Labute approximate surface area is 132 Å². The zero-order valence-electron chi connectivity index (χ0n) is 13.8. The van der Waals surface area contributed by atoms with Crippen LogP contribution in [0.5, 0.6) is 0 Å². The maximum Gasteiger partial charge on any atom is 0.101 e. The molecule has 0 heterocycles. The highest BCUT2D eigenvalue weighted by Crippen LogP contribution is 2.65. The van der Waals surface area contributed by atoms with Crippen molar-refractivity contribution in [3.05, 3.63) is 11.6 Å². The van der Waals surface area contributed by atoms with Crippen molar-refractivity contribution in [3.63, 3.8) is 0 Å². The Morgan fingerprint density at radius 3 is 2.68 bits per heavy atom. The molecule has 3 fully saturated rings. The van der Waals surface area contributed by atoms with Crippen molar-refractivity contribution in [2.45, 2.75) is 77.2 Å². The Balaban J connectivity index is 1.75.